The van der Waals surface area contributed by atoms with E-state index in [1.165, 1.54) is 102 Å². The van der Waals surface area contributed by atoms with Crippen molar-refractivity contribution < 1.29 is 0 Å². The van der Waals surface area contributed by atoms with Gasteiger partial charge in [0.25, 0.3) is 0 Å². The number of anilines is 3. The van der Waals surface area contributed by atoms with E-state index in [-0.39, 0.29) is 0 Å². The molecular weight excluding hydrogens is 719 g/mol. The van der Waals surface area contributed by atoms with Crippen LogP contribution in [0.25, 0.3) is 96.3 Å². The van der Waals surface area contributed by atoms with E-state index in [2.05, 4.69) is 217 Å². The lowest BCUT2D eigenvalue weighted by Crippen LogP contribution is -2.10. The molecule has 0 aliphatic carbocycles. The highest BCUT2D eigenvalue weighted by molar-refractivity contribution is 7.26. The molecular formula is C56H35NS. The van der Waals surface area contributed by atoms with Gasteiger partial charge in [0.05, 0.1) is 5.69 Å². The maximum atomic E-state index is 2.48. The second-order valence-corrected chi connectivity index (χ2v) is 16.3. The zero-order chi connectivity index (χ0) is 38.2. The maximum Gasteiger partial charge on any atom is 0.0555 e. The second kappa shape index (κ2) is 13.2. The molecule has 2 heteroatoms. The van der Waals surface area contributed by atoms with Crippen LogP contribution in [0.5, 0.6) is 0 Å². The Morgan fingerprint density at radius 2 is 0.879 bits per heavy atom. The average Bonchev–Trinajstić information content (AvgIpc) is 3.69. The van der Waals surface area contributed by atoms with Gasteiger partial charge in [0.15, 0.2) is 0 Å². The fourth-order valence-electron chi connectivity index (χ4n) is 9.31. The Kier molecular flexibility index (Phi) is 7.47. The third-order valence-electron chi connectivity index (χ3n) is 12.0. The number of fused-ring (bicyclic) bond motifs is 10. The molecule has 1 aromatic heterocycles. The fraction of sp³-hybridized carbons (Fsp3) is 0. The second-order valence-electron chi connectivity index (χ2n) is 15.2. The molecule has 12 rings (SSSR count). The van der Waals surface area contributed by atoms with E-state index in [0.29, 0.717) is 0 Å². The van der Waals surface area contributed by atoms with Gasteiger partial charge in [0.2, 0.25) is 0 Å². The first kappa shape index (κ1) is 32.9. The van der Waals surface area contributed by atoms with Gasteiger partial charge in [-0.05, 0) is 113 Å². The largest absolute Gasteiger partial charge is 0.310 e. The van der Waals surface area contributed by atoms with Gasteiger partial charge < -0.3 is 4.90 Å². The highest BCUT2D eigenvalue weighted by Crippen LogP contribution is 2.50. The Bertz CT molecular complexity index is 3570. The summed E-state index contributed by atoms with van der Waals surface area (Å²) in [5.41, 5.74) is 8.38. The highest BCUT2D eigenvalue weighted by Gasteiger charge is 2.22. The van der Waals surface area contributed by atoms with Gasteiger partial charge in [0.1, 0.15) is 0 Å². The Morgan fingerprint density at radius 3 is 1.67 bits per heavy atom. The van der Waals surface area contributed by atoms with Crippen molar-refractivity contribution in [2.24, 2.45) is 0 Å². The molecule has 0 saturated carbocycles. The maximum absolute atomic E-state index is 2.48. The van der Waals surface area contributed by atoms with E-state index in [1.54, 1.807) is 0 Å². The van der Waals surface area contributed by atoms with Crippen LogP contribution in [0.15, 0.2) is 212 Å². The van der Waals surface area contributed by atoms with Gasteiger partial charge >= 0.3 is 0 Å². The zero-order valence-electron chi connectivity index (χ0n) is 31.6. The minimum Gasteiger partial charge on any atom is -0.310 e. The molecule has 0 amide bonds. The summed E-state index contributed by atoms with van der Waals surface area (Å²) >= 11 is 1.89. The summed E-state index contributed by atoms with van der Waals surface area (Å²) in [6.07, 6.45) is 0. The number of thiophene rings is 1. The van der Waals surface area contributed by atoms with Crippen LogP contribution in [-0.4, -0.2) is 0 Å². The topological polar surface area (TPSA) is 3.24 Å². The lowest BCUT2D eigenvalue weighted by Gasteiger charge is -2.28. The Labute approximate surface area is 340 Å². The van der Waals surface area contributed by atoms with Crippen LogP contribution in [0.1, 0.15) is 0 Å². The standard InChI is InChI=1S/C56H35NS/c1-4-16-43-36(12-1)15-11-22-47(43)49-32-33-53(55-50-21-9-10-23-54(50)58-56(49)55)57(42-31-28-38-25-24-37-13-2-5-17-44(37)52(38)35-42)41-29-26-39(27-30-41)51-34-40-14-3-6-18-45(40)46-19-7-8-20-48(46)51/h1-35H. The summed E-state index contributed by atoms with van der Waals surface area (Å²) in [5.74, 6) is 0. The Morgan fingerprint density at radius 1 is 0.310 bits per heavy atom. The smallest absolute Gasteiger partial charge is 0.0555 e. The summed E-state index contributed by atoms with van der Waals surface area (Å²) in [6.45, 7) is 0. The van der Waals surface area contributed by atoms with Crippen LogP contribution in [0.4, 0.5) is 17.1 Å². The number of rotatable bonds is 5. The highest BCUT2D eigenvalue weighted by atomic mass is 32.1. The van der Waals surface area contributed by atoms with E-state index < -0.39 is 0 Å². The van der Waals surface area contributed by atoms with E-state index in [4.69, 9.17) is 0 Å². The first-order chi connectivity index (χ1) is 28.8. The molecule has 0 unspecified atom stereocenters. The molecule has 1 nitrogen and oxygen atoms in total. The minimum absolute atomic E-state index is 1.11. The molecule has 12 aromatic rings. The average molecular weight is 754 g/mol. The Hall–Kier alpha value is -7.26. The number of hydrogen-bond acceptors (Lipinski definition) is 2. The van der Waals surface area contributed by atoms with E-state index in [9.17, 15) is 0 Å². The van der Waals surface area contributed by atoms with Gasteiger partial charge in [-0.15, -0.1) is 11.3 Å². The van der Waals surface area contributed by atoms with Crippen molar-refractivity contribution in [1.82, 2.24) is 0 Å². The van der Waals surface area contributed by atoms with E-state index >= 15 is 0 Å². The normalized spacial score (nSPS) is 11.8. The lowest BCUT2D eigenvalue weighted by atomic mass is 9.93. The van der Waals surface area contributed by atoms with Gasteiger partial charge in [0, 0.05) is 37.1 Å². The molecule has 0 aliphatic rings. The molecule has 0 atom stereocenters. The van der Waals surface area contributed by atoms with Crippen LogP contribution in [0.2, 0.25) is 0 Å². The van der Waals surface area contributed by atoms with Gasteiger partial charge in [-0.25, -0.2) is 0 Å². The van der Waals surface area contributed by atoms with Crippen molar-refractivity contribution in [1.29, 1.82) is 0 Å². The SMILES string of the molecule is c1ccc2c(-c3ccc(N(c4ccc(-c5cc6ccccc6c6ccccc56)cc4)c4ccc5ccc6ccccc6c5c4)c4c3sc3ccccc34)cccc2c1. The third kappa shape index (κ3) is 5.16. The monoisotopic (exact) mass is 753 g/mol. The van der Waals surface area contributed by atoms with Crippen LogP contribution < -0.4 is 4.90 Å². The summed E-state index contributed by atoms with van der Waals surface area (Å²) < 4.78 is 2.58. The number of hydrogen-bond donors (Lipinski definition) is 0. The first-order valence-electron chi connectivity index (χ1n) is 19.9. The molecule has 0 fully saturated rings. The zero-order valence-corrected chi connectivity index (χ0v) is 32.4. The fourth-order valence-corrected chi connectivity index (χ4v) is 10.6. The van der Waals surface area contributed by atoms with Crippen molar-refractivity contribution in [3.63, 3.8) is 0 Å². The van der Waals surface area contributed by atoms with Gasteiger partial charge in [-0.3, -0.25) is 0 Å². The molecule has 0 aliphatic heterocycles. The predicted molar refractivity (Wildman–Crippen MR) is 252 cm³/mol. The summed E-state index contributed by atoms with van der Waals surface area (Å²) in [6, 6.07) is 78.4. The van der Waals surface area contributed by atoms with Crippen molar-refractivity contribution in [2.75, 3.05) is 4.90 Å². The molecule has 0 N–H and O–H groups in total. The van der Waals surface area contributed by atoms with Crippen LogP contribution >= 0.6 is 11.3 Å². The van der Waals surface area contributed by atoms with E-state index in [0.717, 1.165) is 11.4 Å². The first-order valence-corrected chi connectivity index (χ1v) is 20.7. The molecule has 58 heavy (non-hydrogen) atoms. The number of benzene rings is 11. The van der Waals surface area contributed by atoms with E-state index in [1.807, 2.05) is 11.3 Å². The molecule has 270 valence electrons. The van der Waals surface area contributed by atoms with Gasteiger partial charge in [-0.2, -0.15) is 0 Å². The van der Waals surface area contributed by atoms with Gasteiger partial charge in [-0.1, -0.05) is 170 Å². The molecule has 1 heterocycles. The minimum atomic E-state index is 1.11. The summed E-state index contributed by atoms with van der Waals surface area (Å²) in [7, 11) is 0. The summed E-state index contributed by atoms with van der Waals surface area (Å²) in [4.78, 5) is 2.48. The van der Waals surface area contributed by atoms with Crippen LogP contribution in [-0.2, 0) is 0 Å². The predicted octanol–water partition coefficient (Wildman–Crippen LogP) is 16.6. The summed E-state index contributed by atoms with van der Waals surface area (Å²) in [5, 5.41) is 15.1. The molecule has 0 spiro atoms. The third-order valence-corrected chi connectivity index (χ3v) is 13.2. The lowest BCUT2D eigenvalue weighted by molar-refractivity contribution is 1.31. The molecule has 11 aromatic carbocycles. The number of nitrogens with zero attached hydrogens (tertiary/aromatic N) is 1. The molecule has 0 bridgehead atoms. The van der Waals surface area contributed by atoms with Crippen molar-refractivity contribution >= 4 is 102 Å². The Balaban J connectivity index is 1.11. The van der Waals surface area contributed by atoms with Crippen molar-refractivity contribution in [3.8, 4) is 22.3 Å². The van der Waals surface area contributed by atoms with Crippen molar-refractivity contribution in [3.05, 3.63) is 212 Å². The van der Waals surface area contributed by atoms with Crippen LogP contribution in [0.3, 0.4) is 0 Å². The quantitative estimate of drug-likeness (QED) is 0.158. The molecule has 0 radical (unpaired) electrons. The van der Waals surface area contributed by atoms with Crippen LogP contribution in [0, 0.1) is 0 Å². The molecule has 0 saturated heterocycles. The van der Waals surface area contributed by atoms with Crippen molar-refractivity contribution in [2.45, 2.75) is 0 Å².